The van der Waals surface area contributed by atoms with Crippen LogP contribution in [0.1, 0.15) is 25.8 Å². The van der Waals surface area contributed by atoms with Crippen molar-refractivity contribution in [2.75, 3.05) is 18.8 Å². The fourth-order valence-corrected chi connectivity index (χ4v) is 3.74. The van der Waals surface area contributed by atoms with Crippen LogP contribution in [0.5, 0.6) is 0 Å². The van der Waals surface area contributed by atoms with Crippen molar-refractivity contribution >= 4 is 25.8 Å². The van der Waals surface area contributed by atoms with Crippen LogP contribution in [0, 0.1) is 0 Å². The van der Waals surface area contributed by atoms with E-state index in [-0.39, 0.29) is 16.4 Å². The Bertz CT molecular complexity index is 533. The first-order valence-electron chi connectivity index (χ1n) is 6.54. The monoisotopic (exact) mass is 345 g/mol. The van der Waals surface area contributed by atoms with Gasteiger partial charge in [0.25, 0.3) is 0 Å². The minimum Gasteiger partial charge on any atom is -0.315 e. The molecule has 1 aromatic rings. The van der Waals surface area contributed by atoms with Crippen molar-refractivity contribution in [2.45, 2.75) is 30.9 Å². The fraction of sp³-hybridized carbons (Fsp3) is 0.571. The summed E-state index contributed by atoms with van der Waals surface area (Å²) in [4.78, 5) is 0. The number of halogens is 1. The first-order chi connectivity index (χ1) is 8.86. The number of sulfone groups is 1. The Morgan fingerprint density at radius 2 is 1.84 bits per heavy atom. The Morgan fingerprint density at radius 3 is 2.26 bits per heavy atom. The van der Waals surface area contributed by atoms with E-state index in [0.29, 0.717) is 6.42 Å². The zero-order chi connectivity index (χ0) is 14.1. The van der Waals surface area contributed by atoms with Crippen molar-refractivity contribution in [1.29, 1.82) is 0 Å². The molecule has 0 atom stereocenters. The van der Waals surface area contributed by atoms with Gasteiger partial charge in [-0.1, -0.05) is 28.1 Å². The van der Waals surface area contributed by atoms with Crippen molar-refractivity contribution in [3.63, 3.8) is 0 Å². The number of rotatable bonds is 5. The van der Waals surface area contributed by atoms with Crippen LogP contribution in [0.15, 0.2) is 28.7 Å². The quantitative estimate of drug-likeness (QED) is 0.891. The Balaban J connectivity index is 2.14. The zero-order valence-electron chi connectivity index (χ0n) is 11.3. The molecule has 3 nitrogen and oxygen atoms in total. The molecule has 0 aromatic heterocycles. The van der Waals surface area contributed by atoms with Gasteiger partial charge in [-0.15, -0.1) is 0 Å². The molecule has 19 heavy (non-hydrogen) atoms. The highest BCUT2D eigenvalue weighted by molar-refractivity contribution is 9.10. The summed E-state index contributed by atoms with van der Waals surface area (Å²) in [6.07, 6.45) is 0.697. The summed E-state index contributed by atoms with van der Waals surface area (Å²) in [7, 11) is -2.96. The van der Waals surface area contributed by atoms with E-state index in [1.54, 1.807) is 13.8 Å². The van der Waals surface area contributed by atoms with Gasteiger partial charge in [0.05, 0.1) is 11.0 Å². The Morgan fingerprint density at radius 1 is 1.26 bits per heavy atom. The van der Waals surface area contributed by atoms with E-state index in [0.717, 1.165) is 17.6 Å². The fourth-order valence-electron chi connectivity index (χ4n) is 2.33. The van der Waals surface area contributed by atoms with Crippen LogP contribution in [0.3, 0.4) is 0 Å². The summed E-state index contributed by atoms with van der Waals surface area (Å²) in [6, 6.07) is 8.22. The van der Waals surface area contributed by atoms with E-state index >= 15 is 0 Å². The molecule has 0 radical (unpaired) electrons. The minimum absolute atomic E-state index is 0.0112. The third kappa shape index (κ3) is 3.20. The normalized spacial score (nSPS) is 18.3. The number of benzene rings is 1. The van der Waals surface area contributed by atoms with E-state index in [4.69, 9.17) is 0 Å². The molecule has 0 unspecified atom stereocenters. The molecule has 0 amide bonds. The first kappa shape index (κ1) is 15.0. The standard InChI is InChI=1S/C14H20BrNO2S/c1-11(2)19(17,18)8-7-14(9-16-10-14)12-3-5-13(15)6-4-12/h3-6,11,16H,7-10H2,1-2H3. The zero-order valence-corrected chi connectivity index (χ0v) is 13.7. The van der Waals surface area contributed by atoms with Gasteiger partial charge >= 0.3 is 0 Å². The van der Waals surface area contributed by atoms with E-state index in [2.05, 4.69) is 33.4 Å². The van der Waals surface area contributed by atoms with Gasteiger partial charge in [-0.05, 0) is 38.0 Å². The number of nitrogens with one attached hydrogen (secondary N) is 1. The van der Waals surface area contributed by atoms with Gasteiger partial charge in [-0.3, -0.25) is 0 Å². The molecule has 1 aliphatic heterocycles. The second-order valence-corrected chi connectivity index (χ2v) is 9.15. The van der Waals surface area contributed by atoms with Crippen LogP contribution in [0.4, 0.5) is 0 Å². The maximum Gasteiger partial charge on any atom is 0.152 e. The molecule has 0 aliphatic carbocycles. The molecule has 1 heterocycles. The largest absolute Gasteiger partial charge is 0.315 e. The Labute approximate surface area is 123 Å². The number of hydrogen-bond acceptors (Lipinski definition) is 3. The molecule has 106 valence electrons. The molecule has 1 aromatic carbocycles. The van der Waals surface area contributed by atoms with Crippen molar-refractivity contribution in [3.05, 3.63) is 34.3 Å². The molecular weight excluding hydrogens is 326 g/mol. The van der Waals surface area contributed by atoms with Gasteiger partial charge in [-0.25, -0.2) is 8.42 Å². The first-order valence-corrected chi connectivity index (χ1v) is 9.05. The predicted molar refractivity (Wildman–Crippen MR) is 82.2 cm³/mol. The van der Waals surface area contributed by atoms with E-state index < -0.39 is 9.84 Å². The van der Waals surface area contributed by atoms with Gasteiger partial charge in [0.1, 0.15) is 0 Å². The lowest BCUT2D eigenvalue weighted by Crippen LogP contribution is -2.57. The van der Waals surface area contributed by atoms with E-state index in [9.17, 15) is 8.42 Å². The summed E-state index contributed by atoms with van der Waals surface area (Å²) < 4.78 is 25.0. The van der Waals surface area contributed by atoms with Gasteiger partial charge < -0.3 is 5.32 Å². The van der Waals surface area contributed by atoms with E-state index in [1.807, 2.05) is 12.1 Å². The van der Waals surface area contributed by atoms with Crippen LogP contribution >= 0.6 is 15.9 Å². The van der Waals surface area contributed by atoms with Gasteiger partial charge in [0, 0.05) is 23.0 Å². The summed E-state index contributed by atoms with van der Waals surface area (Å²) >= 11 is 3.43. The number of hydrogen-bond donors (Lipinski definition) is 1. The van der Waals surface area contributed by atoms with Crippen LogP contribution < -0.4 is 5.32 Å². The van der Waals surface area contributed by atoms with Gasteiger partial charge in [0.2, 0.25) is 0 Å². The van der Waals surface area contributed by atoms with Gasteiger partial charge in [0.15, 0.2) is 9.84 Å². The van der Waals surface area contributed by atoms with Crippen molar-refractivity contribution in [2.24, 2.45) is 0 Å². The molecule has 1 saturated heterocycles. The lowest BCUT2D eigenvalue weighted by Gasteiger charge is -2.43. The van der Waals surface area contributed by atoms with Crippen LogP contribution in [0.25, 0.3) is 0 Å². The van der Waals surface area contributed by atoms with Crippen LogP contribution in [-0.2, 0) is 15.3 Å². The molecule has 2 rings (SSSR count). The van der Waals surface area contributed by atoms with Crippen LogP contribution in [0.2, 0.25) is 0 Å². The lowest BCUT2D eigenvalue weighted by molar-refractivity contribution is 0.268. The van der Waals surface area contributed by atoms with Crippen molar-refractivity contribution in [3.8, 4) is 0 Å². The SMILES string of the molecule is CC(C)S(=O)(=O)CCC1(c2ccc(Br)cc2)CNC1. The summed E-state index contributed by atoms with van der Waals surface area (Å²) in [5.41, 5.74) is 1.22. The topological polar surface area (TPSA) is 46.2 Å². The third-order valence-electron chi connectivity index (χ3n) is 3.97. The molecule has 0 saturated carbocycles. The highest BCUT2D eigenvalue weighted by atomic mass is 79.9. The van der Waals surface area contributed by atoms with Gasteiger partial charge in [-0.2, -0.15) is 0 Å². The van der Waals surface area contributed by atoms with E-state index in [1.165, 1.54) is 5.56 Å². The highest BCUT2D eigenvalue weighted by Crippen LogP contribution is 2.33. The maximum atomic E-state index is 12.0. The average Bonchev–Trinajstić information content (AvgIpc) is 2.29. The molecular formula is C14H20BrNO2S. The molecule has 0 bridgehead atoms. The molecule has 1 N–H and O–H groups in total. The summed E-state index contributed by atoms with van der Waals surface area (Å²) in [6.45, 7) is 5.23. The minimum atomic E-state index is -2.96. The smallest absolute Gasteiger partial charge is 0.152 e. The van der Waals surface area contributed by atoms with Crippen molar-refractivity contribution < 1.29 is 8.42 Å². The average molecular weight is 346 g/mol. The summed E-state index contributed by atoms with van der Waals surface area (Å²) in [5, 5.41) is 2.98. The molecule has 5 heteroatoms. The molecule has 1 fully saturated rings. The molecule has 1 aliphatic rings. The Kier molecular flexibility index (Phi) is 4.38. The molecule has 0 spiro atoms. The van der Waals surface area contributed by atoms with Crippen molar-refractivity contribution in [1.82, 2.24) is 5.32 Å². The van der Waals surface area contributed by atoms with Crippen LogP contribution in [-0.4, -0.2) is 32.5 Å². The highest BCUT2D eigenvalue weighted by Gasteiger charge is 2.39. The maximum absolute atomic E-state index is 12.0. The lowest BCUT2D eigenvalue weighted by atomic mass is 9.73. The third-order valence-corrected chi connectivity index (χ3v) is 6.71. The summed E-state index contributed by atoms with van der Waals surface area (Å²) in [5.74, 6) is 0.266. The second-order valence-electron chi connectivity index (χ2n) is 5.56. The predicted octanol–water partition coefficient (Wildman–Crippen LogP) is 2.50. The second kappa shape index (κ2) is 5.54. The Hall–Kier alpha value is -0.390.